The predicted molar refractivity (Wildman–Crippen MR) is 137 cm³/mol. The maximum Gasteiger partial charge on any atom is 0.291 e. The number of nitrogens with zero attached hydrogens (tertiary/aromatic N) is 4. The van der Waals surface area contributed by atoms with Gasteiger partial charge in [0.15, 0.2) is 0 Å². The molecule has 0 spiro atoms. The van der Waals surface area contributed by atoms with Crippen molar-refractivity contribution in [1.82, 2.24) is 19.7 Å². The molecular weight excluding hydrogens is 440 g/mol. The van der Waals surface area contributed by atoms with E-state index in [4.69, 9.17) is 9.15 Å². The number of amides is 1. The third-order valence-electron chi connectivity index (χ3n) is 8.08. The molecule has 190 valence electrons. The van der Waals surface area contributed by atoms with E-state index < -0.39 is 0 Å². The number of carbonyl (C=O) groups excluding carboxylic acids is 1. The maximum absolute atomic E-state index is 13.2. The lowest BCUT2D eigenvalue weighted by molar-refractivity contribution is 0.0544. The summed E-state index contributed by atoms with van der Waals surface area (Å²) >= 11 is 0. The van der Waals surface area contributed by atoms with Crippen LogP contribution in [0.25, 0.3) is 11.5 Å². The molecule has 0 bridgehead atoms. The van der Waals surface area contributed by atoms with Crippen molar-refractivity contribution in [2.75, 3.05) is 45.9 Å². The van der Waals surface area contributed by atoms with Crippen molar-refractivity contribution in [2.45, 2.75) is 70.9 Å². The van der Waals surface area contributed by atoms with Crippen LogP contribution in [0.4, 0.5) is 0 Å². The van der Waals surface area contributed by atoms with Gasteiger partial charge in [0.2, 0.25) is 11.7 Å². The Hall–Kier alpha value is -2.38. The highest BCUT2D eigenvalue weighted by Crippen LogP contribution is 2.27. The molecule has 3 fully saturated rings. The monoisotopic (exact) mass is 480 g/mol. The van der Waals surface area contributed by atoms with Crippen LogP contribution in [0.15, 0.2) is 28.7 Å². The quantitative estimate of drug-likeness (QED) is 0.515. The van der Waals surface area contributed by atoms with Gasteiger partial charge in [0, 0.05) is 50.4 Å². The summed E-state index contributed by atoms with van der Waals surface area (Å²) in [4.78, 5) is 24.7. The number of aromatic nitrogens is 1. The number of piperazine rings is 1. The third-order valence-corrected chi connectivity index (χ3v) is 8.08. The Morgan fingerprint density at radius 3 is 2.46 bits per heavy atom. The summed E-state index contributed by atoms with van der Waals surface area (Å²) in [5.41, 5.74) is 1.51. The first-order chi connectivity index (χ1) is 17.1. The average Bonchev–Trinajstić information content (AvgIpc) is 3.64. The van der Waals surface area contributed by atoms with Crippen molar-refractivity contribution in [2.24, 2.45) is 0 Å². The molecule has 1 aliphatic carbocycles. The first kappa shape index (κ1) is 24.3. The van der Waals surface area contributed by atoms with Crippen molar-refractivity contribution < 1.29 is 13.9 Å². The zero-order valence-corrected chi connectivity index (χ0v) is 21.4. The number of aryl methyl sites for hydroxylation is 1. The molecule has 2 saturated heterocycles. The summed E-state index contributed by atoms with van der Waals surface area (Å²) in [5, 5.41) is 0. The third kappa shape index (κ3) is 5.72. The molecule has 0 N–H and O–H groups in total. The minimum Gasteiger partial charge on any atom is -0.494 e. The van der Waals surface area contributed by atoms with Gasteiger partial charge in [-0.25, -0.2) is 4.98 Å². The van der Waals surface area contributed by atoms with Gasteiger partial charge in [-0.3, -0.25) is 9.69 Å². The lowest BCUT2D eigenvalue weighted by atomic mass is 10.1. The lowest BCUT2D eigenvalue weighted by Crippen LogP contribution is -2.51. The van der Waals surface area contributed by atoms with E-state index in [9.17, 15) is 4.79 Å². The van der Waals surface area contributed by atoms with Crippen LogP contribution in [-0.4, -0.2) is 83.5 Å². The van der Waals surface area contributed by atoms with E-state index >= 15 is 0 Å². The average molecular weight is 481 g/mol. The van der Waals surface area contributed by atoms with Gasteiger partial charge >= 0.3 is 0 Å². The van der Waals surface area contributed by atoms with Crippen molar-refractivity contribution in [1.29, 1.82) is 0 Å². The van der Waals surface area contributed by atoms with E-state index in [0.29, 0.717) is 36.0 Å². The second-order valence-electron chi connectivity index (χ2n) is 10.5. The molecule has 0 radical (unpaired) electrons. The maximum atomic E-state index is 13.2. The van der Waals surface area contributed by atoms with Crippen molar-refractivity contribution in [3.63, 3.8) is 0 Å². The van der Waals surface area contributed by atoms with Gasteiger partial charge in [-0.15, -0.1) is 0 Å². The molecule has 3 aliphatic rings. The van der Waals surface area contributed by atoms with Gasteiger partial charge in [-0.2, -0.15) is 0 Å². The molecule has 1 unspecified atom stereocenters. The van der Waals surface area contributed by atoms with E-state index in [1.165, 1.54) is 45.1 Å². The smallest absolute Gasteiger partial charge is 0.291 e. The summed E-state index contributed by atoms with van der Waals surface area (Å²) in [7, 11) is 0. The second-order valence-corrected chi connectivity index (χ2v) is 10.5. The summed E-state index contributed by atoms with van der Waals surface area (Å²) in [6.45, 7) is 10.6. The van der Waals surface area contributed by atoms with Crippen LogP contribution in [-0.2, 0) is 0 Å². The first-order valence-electron chi connectivity index (χ1n) is 13.6. The predicted octanol–water partition coefficient (Wildman–Crippen LogP) is 4.60. The van der Waals surface area contributed by atoms with E-state index in [0.717, 1.165) is 50.5 Å². The second kappa shape index (κ2) is 11.1. The number of benzene rings is 1. The summed E-state index contributed by atoms with van der Waals surface area (Å²) in [5.74, 6) is 1.67. The van der Waals surface area contributed by atoms with Gasteiger partial charge in [-0.1, -0.05) is 12.8 Å². The van der Waals surface area contributed by atoms with Crippen LogP contribution < -0.4 is 4.74 Å². The number of ether oxygens (including phenoxy) is 1. The molecule has 1 amide bonds. The SMILES string of the molecule is Cc1nc(-c2ccc(OCCCN3CCCC3C)cc2)oc1C(=O)N1CCN(C2CCCC2)CC1. The van der Waals surface area contributed by atoms with Crippen LogP contribution >= 0.6 is 0 Å². The fourth-order valence-electron chi connectivity index (χ4n) is 5.90. The van der Waals surface area contributed by atoms with Crippen LogP contribution in [0, 0.1) is 6.92 Å². The summed E-state index contributed by atoms with van der Waals surface area (Å²) in [6, 6.07) is 9.24. The number of likely N-dealkylation sites (tertiary alicyclic amines) is 1. The topological polar surface area (TPSA) is 62.1 Å². The van der Waals surface area contributed by atoms with Crippen LogP contribution in [0.2, 0.25) is 0 Å². The molecule has 3 heterocycles. The van der Waals surface area contributed by atoms with Gasteiger partial charge in [0.05, 0.1) is 12.3 Å². The highest BCUT2D eigenvalue weighted by molar-refractivity contribution is 5.93. The molecule has 5 rings (SSSR count). The normalized spacial score (nSPS) is 22.2. The van der Waals surface area contributed by atoms with E-state index in [1.807, 2.05) is 36.1 Å². The number of hydrogen-bond donors (Lipinski definition) is 0. The minimum absolute atomic E-state index is 0.0420. The molecule has 1 aromatic heterocycles. The number of carbonyl (C=O) groups is 1. The Bertz CT molecular complexity index is 975. The fourth-order valence-corrected chi connectivity index (χ4v) is 5.90. The van der Waals surface area contributed by atoms with Gasteiger partial charge < -0.3 is 19.0 Å². The van der Waals surface area contributed by atoms with Crippen LogP contribution in [0.1, 0.15) is 68.1 Å². The number of hydrogen-bond acceptors (Lipinski definition) is 6. The minimum atomic E-state index is -0.0420. The van der Waals surface area contributed by atoms with Gasteiger partial charge in [-0.05, 0) is 76.8 Å². The van der Waals surface area contributed by atoms with E-state index in [1.54, 1.807) is 0 Å². The molecule has 2 aliphatic heterocycles. The van der Waals surface area contributed by atoms with Crippen LogP contribution in [0.5, 0.6) is 5.75 Å². The highest BCUT2D eigenvalue weighted by atomic mass is 16.5. The van der Waals surface area contributed by atoms with E-state index in [-0.39, 0.29) is 5.91 Å². The zero-order valence-electron chi connectivity index (χ0n) is 21.4. The zero-order chi connectivity index (χ0) is 24.2. The molecule has 2 aromatic rings. The van der Waals surface area contributed by atoms with Gasteiger partial charge in [0.1, 0.15) is 5.75 Å². The van der Waals surface area contributed by atoms with Crippen molar-refractivity contribution in [3.8, 4) is 17.2 Å². The first-order valence-corrected chi connectivity index (χ1v) is 13.6. The molecule has 1 atom stereocenters. The molecule has 1 saturated carbocycles. The van der Waals surface area contributed by atoms with E-state index in [2.05, 4.69) is 21.7 Å². The highest BCUT2D eigenvalue weighted by Gasteiger charge is 2.30. The standard InChI is InChI=1S/C28H40N4O3/c1-21-7-5-14-30(21)15-6-20-34-25-12-10-23(11-13-25)27-29-22(2)26(35-27)28(33)32-18-16-31(17-19-32)24-8-3-4-9-24/h10-13,21,24H,3-9,14-20H2,1-2H3. The number of oxazole rings is 1. The molecule has 1 aromatic carbocycles. The lowest BCUT2D eigenvalue weighted by Gasteiger charge is -2.37. The largest absolute Gasteiger partial charge is 0.494 e. The van der Waals surface area contributed by atoms with Crippen LogP contribution in [0.3, 0.4) is 0 Å². The van der Waals surface area contributed by atoms with Gasteiger partial charge in [0.25, 0.3) is 5.91 Å². The Balaban J connectivity index is 1.12. The van der Waals surface area contributed by atoms with Crippen molar-refractivity contribution >= 4 is 5.91 Å². The summed E-state index contributed by atoms with van der Waals surface area (Å²) in [6.07, 6.45) is 8.96. The molecule has 35 heavy (non-hydrogen) atoms. The number of rotatable bonds is 8. The molecular formula is C28H40N4O3. The Kier molecular flexibility index (Phi) is 7.73. The summed E-state index contributed by atoms with van der Waals surface area (Å²) < 4.78 is 11.9. The fraction of sp³-hybridized carbons (Fsp3) is 0.643. The molecule has 7 heteroatoms. The molecule has 7 nitrogen and oxygen atoms in total. The van der Waals surface area contributed by atoms with Crippen molar-refractivity contribution in [3.05, 3.63) is 35.7 Å². The Labute approximate surface area is 209 Å². The Morgan fingerprint density at radius 2 is 1.77 bits per heavy atom. The Morgan fingerprint density at radius 1 is 1.03 bits per heavy atom.